The van der Waals surface area contributed by atoms with E-state index in [1.807, 2.05) is 0 Å². The lowest BCUT2D eigenvalue weighted by Crippen LogP contribution is -2.20. The Morgan fingerprint density at radius 1 is 1.00 bits per heavy atom. The average molecular weight is 458 g/mol. The van der Waals surface area contributed by atoms with Crippen molar-refractivity contribution in [2.45, 2.75) is 11.3 Å². The first-order chi connectivity index (χ1) is 14.6. The molecule has 1 aromatic heterocycles. The summed E-state index contributed by atoms with van der Waals surface area (Å²) < 4.78 is 79.5. The fourth-order valence-corrected chi connectivity index (χ4v) is 3.49. The normalized spacial score (nSPS) is 11.9. The van der Waals surface area contributed by atoms with Crippen LogP contribution in [-0.4, -0.2) is 46.0 Å². The summed E-state index contributed by atoms with van der Waals surface area (Å²) in [4.78, 5) is 7.92. The van der Waals surface area contributed by atoms with Crippen LogP contribution in [0.3, 0.4) is 0 Å². The van der Waals surface area contributed by atoms with Crippen molar-refractivity contribution >= 4 is 32.4 Å². The molecule has 13 heteroatoms. The molecule has 1 heterocycles. The van der Waals surface area contributed by atoms with Gasteiger partial charge in [0.2, 0.25) is 10.0 Å². The Labute approximate surface area is 175 Å². The molecule has 0 aliphatic rings. The zero-order valence-corrected chi connectivity index (χ0v) is 17.3. The number of ether oxygens (including phenoxy) is 3. The van der Waals surface area contributed by atoms with Crippen LogP contribution < -0.4 is 24.2 Å². The van der Waals surface area contributed by atoms with Gasteiger partial charge in [0.15, 0.2) is 5.75 Å². The van der Waals surface area contributed by atoms with E-state index in [1.165, 1.54) is 27.6 Å². The lowest BCUT2D eigenvalue weighted by atomic mass is 10.2. The van der Waals surface area contributed by atoms with Crippen LogP contribution in [0.25, 0.3) is 10.9 Å². The highest BCUT2D eigenvalue weighted by Crippen LogP contribution is 2.38. The Kier molecular flexibility index (Phi) is 6.08. The molecule has 0 unspecified atom stereocenters. The fraction of sp³-hybridized carbons (Fsp3) is 0.222. The standard InChI is InChI=1S/C18H17F3N4O5S/c1-22-31(26,27)11-4-5-14(30-18(19,20)21)12(8-11)25-17-16-13(23-9-24-17)6-10(28-2)7-15(16)29-3/h4-9,22H,1-3H3,(H,23,24,25). The molecule has 0 aliphatic heterocycles. The predicted octanol–water partition coefficient (Wildman–Crippen LogP) is 3.20. The van der Waals surface area contributed by atoms with Crippen molar-refractivity contribution < 1.29 is 35.8 Å². The molecular weight excluding hydrogens is 441 g/mol. The van der Waals surface area contributed by atoms with Crippen molar-refractivity contribution in [1.82, 2.24) is 14.7 Å². The molecule has 0 saturated heterocycles. The minimum absolute atomic E-state index is 0.0653. The van der Waals surface area contributed by atoms with E-state index in [9.17, 15) is 21.6 Å². The first-order valence-corrected chi connectivity index (χ1v) is 10.0. The minimum atomic E-state index is -5.00. The van der Waals surface area contributed by atoms with E-state index in [2.05, 4.69) is 24.7 Å². The maximum Gasteiger partial charge on any atom is 0.573 e. The van der Waals surface area contributed by atoms with Crippen LogP contribution in [0.4, 0.5) is 24.7 Å². The van der Waals surface area contributed by atoms with Gasteiger partial charge in [0.25, 0.3) is 0 Å². The number of sulfonamides is 1. The lowest BCUT2D eigenvalue weighted by Gasteiger charge is -2.17. The van der Waals surface area contributed by atoms with Gasteiger partial charge in [-0.1, -0.05) is 0 Å². The molecular formula is C18H17F3N4O5S. The highest BCUT2D eigenvalue weighted by molar-refractivity contribution is 7.89. The van der Waals surface area contributed by atoms with E-state index in [-0.39, 0.29) is 22.2 Å². The molecule has 0 radical (unpaired) electrons. The molecule has 3 aromatic rings. The molecule has 0 atom stereocenters. The Hall–Kier alpha value is -3.32. The van der Waals surface area contributed by atoms with Crippen LogP contribution in [0.5, 0.6) is 17.2 Å². The maximum atomic E-state index is 12.9. The Morgan fingerprint density at radius 3 is 2.35 bits per heavy atom. The molecule has 0 amide bonds. The maximum absolute atomic E-state index is 12.9. The summed E-state index contributed by atoms with van der Waals surface area (Å²) in [5.41, 5.74) is 0.0949. The van der Waals surface area contributed by atoms with E-state index in [0.29, 0.717) is 16.7 Å². The van der Waals surface area contributed by atoms with Crippen LogP contribution in [-0.2, 0) is 10.0 Å². The third-order valence-electron chi connectivity index (χ3n) is 4.14. The van der Waals surface area contributed by atoms with E-state index in [0.717, 1.165) is 18.2 Å². The van der Waals surface area contributed by atoms with Crippen molar-refractivity contribution in [2.24, 2.45) is 0 Å². The van der Waals surface area contributed by atoms with Gasteiger partial charge >= 0.3 is 6.36 Å². The van der Waals surface area contributed by atoms with E-state index in [1.54, 1.807) is 12.1 Å². The Bertz CT molecular complexity index is 1220. The predicted molar refractivity (Wildman–Crippen MR) is 105 cm³/mol. The van der Waals surface area contributed by atoms with Crippen molar-refractivity contribution in [2.75, 3.05) is 26.6 Å². The molecule has 0 saturated carbocycles. The summed E-state index contributed by atoms with van der Waals surface area (Å²) in [6.07, 6.45) is -3.82. The number of hydrogen-bond acceptors (Lipinski definition) is 8. The number of fused-ring (bicyclic) bond motifs is 1. The second-order valence-corrected chi connectivity index (χ2v) is 7.87. The monoisotopic (exact) mass is 458 g/mol. The lowest BCUT2D eigenvalue weighted by molar-refractivity contribution is -0.274. The van der Waals surface area contributed by atoms with Gasteiger partial charge in [0.05, 0.1) is 35.7 Å². The van der Waals surface area contributed by atoms with Gasteiger partial charge < -0.3 is 19.5 Å². The molecule has 31 heavy (non-hydrogen) atoms. The summed E-state index contributed by atoms with van der Waals surface area (Å²) in [7, 11) is 0.0867. The molecule has 3 rings (SSSR count). The number of nitrogens with zero attached hydrogens (tertiary/aromatic N) is 2. The molecule has 0 aliphatic carbocycles. The van der Waals surface area contributed by atoms with Gasteiger partial charge in [-0.2, -0.15) is 0 Å². The number of benzene rings is 2. The molecule has 2 N–H and O–H groups in total. The second-order valence-electron chi connectivity index (χ2n) is 5.98. The number of alkyl halides is 3. The first-order valence-electron chi connectivity index (χ1n) is 8.55. The first kappa shape index (κ1) is 22.4. The van der Waals surface area contributed by atoms with Gasteiger partial charge in [-0.3, -0.25) is 0 Å². The molecule has 9 nitrogen and oxygen atoms in total. The molecule has 2 aromatic carbocycles. The topological polar surface area (TPSA) is 112 Å². The summed E-state index contributed by atoms with van der Waals surface area (Å²) in [5, 5.41) is 3.04. The summed E-state index contributed by atoms with van der Waals surface area (Å²) in [5.74, 6) is 0.143. The molecule has 0 spiro atoms. The van der Waals surface area contributed by atoms with Crippen LogP contribution in [0.1, 0.15) is 0 Å². The van der Waals surface area contributed by atoms with Crippen molar-refractivity contribution in [3.8, 4) is 17.2 Å². The fourth-order valence-electron chi connectivity index (χ4n) is 2.74. The number of nitrogens with one attached hydrogen (secondary N) is 2. The van der Waals surface area contributed by atoms with Crippen molar-refractivity contribution in [3.63, 3.8) is 0 Å². The SMILES string of the molecule is CNS(=O)(=O)c1ccc(OC(F)(F)F)c(Nc2ncnc3cc(OC)cc(OC)c23)c1. The van der Waals surface area contributed by atoms with Gasteiger partial charge in [0, 0.05) is 12.1 Å². The number of methoxy groups -OCH3 is 2. The molecule has 0 bridgehead atoms. The smallest absolute Gasteiger partial charge is 0.497 e. The largest absolute Gasteiger partial charge is 0.573 e. The van der Waals surface area contributed by atoms with Crippen LogP contribution in [0, 0.1) is 0 Å². The Balaban J connectivity index is 2.18. The Morgan fingerprint density at radius 2 is 1.74 bits per heavy atom. The zero-order chi connectivity index (χ0) is 22.8. The number of anilines is 2. The summed E-state index contributed by atoms with van der Waals surface area (Å²) in [6.45, 7) is 0. The van der Waals surface area contributed by atoms with Gasteiger partial charge in [-0.05, 0) is 25.2 Å². The number of aromatic nitrogens is 2. The van der Waals surface area contributed by atoms with Crippen LogP contribution >= 0.6 is 0 Å². The van der Waals surface area contributed by atoms with Crippen molar-refractivity contribution in [3.05, 3.63) is 36.7 Å². The highest BCUT2D eigenvalue weighted by Gasteiger charge is 2.33. The summed E-state index contributed by atoms with van der Waals surface area (Å²) in [6, 6.07) is 6.01. The zero-order valence-electron chi connectivity index (χ0n) is 16.4. The third kappa shape index (κ3) is 4.88. The summed E-state index contributed by atoms with van der Waals surface area (Å²) >= 11 is 0. The van der Waals surface area contributed by atoms with Crippen LogP contribution in [0.2, 0.25) is 0 Å². The number of hydrogen-bond donors (Lipinski definition) is 2. The minimum Gasteiger partial charge on any atom is -0.497 e. The van der Waals surface area contributed by atoms with E-state index < -0.39 is 22.1 Å². The van der Waals surface area contributed by atoms with Gasteiger partial charge in [-0.25, -0.2) is 23.1 Å². The van der Waals surface area contributed by atoms with Gasteiger partial charge in [0.1, 0.15) is 23.6 Å². The van der Waals surface area contributed by atoms with Gasteiger partial charge in [-0.15, -0.1) is 13.2 Å². The average Bonchev–Trinajstić information content (AvgIpc) is 2.73. The third-order valence-corrected chi connectivity index (χ3v) is 5.55. The number of halogens is 3. The van der Waals surface area contributed by atoms with Crippen LogP contribution in [0.15, 0.2) is 41.6 Å². The molecule has 0 fully saturated rings. The molecule has 166 valence electrons. The quantitative estimate of drug-likeness (QED) is 0.555. The van der Waals surface area contributed by atoms with Crippen molar-refractivity contribution in [1.29, 1.82) is 0 Å². The highest BCUT2D eigenvalue weighted by atomic mass is 32.2. The van der Waals surface area contributed by atoms with E-state index in [4.69, 9.17) is 9.47 Å². The van der Waals surface area contributed by atoms with E-state index >= 15 is 0 Å². The number of rotatable bonds is 7. The second kappa shape index (κ2) is 8.43.